The molecule has 1 unspecified atom stereocenters. The van der Waals surface area contributed by atoms with Crippen LogP contribution in [-0.2, 0) is 20.7 Å². The van der Waals surface area contributed by atoms with Gasteiger partial charge in [-0.1, -0.05) is 30.3 Å². The maximum Gasteiger partial charge on any atom is 0.328 e. The molecule has 2 rings (SSSR count). The number of methoxy groups -OCH3 is 1. The Bertz CT molecular complexity index is 782. The number of carbonyl (C=O) groups excluding carboxylic acids is 2. The highest BCUT2D eigenvalue weighted by molar-refractivity contribution is 9.10. The Morgan fingerprint density at radius 2 is 1.86 bits per heavy atom. The number of esters is 1. The van der Waals surface area contributed by atoms with Crippen molar-refractivity contribution in [2.45, 2.75) is 19.4 Å². The highest BCUT2D eigenvalue weighted by Gasteiger charge is 2.23. The van der Waals surface area contributed by atoms with Crippen molar-refractivity contribution in [2.24, 2.45) is 0 Å². The summed E-state index contributed by atoms with van der Waals surface area (Å²) in [4.78, 5) is 25.0. The van der Waals surface area contributed by atoms with Crippen LogP contribution in [0.1, 0.15) is 22.8 Å². The van der Waals surface area contributed by atoms with E-state index in [1.807, 2.05) is 30.3 Å². The summed E-state index contributed by atoms with van der Waals surface area (Å²) in [5, 5.41) is 2.77. The van der Waals surface area contributed by atoms with E-state index in [0.29, 0.717) is 35.4 Å². The fraction of sp³-hybridized carbons (Fsp3) is 0.333. The van der Waals surface area contributed by atoms with Crippen LogP contribution in [-0.4, -0.2) is 44.8 Å². The van der Waals surface area contributed by atoms with Crippen molar-refractivity contribution >= 4 is 27.8 Å². The molecule has 1 atom stereocenters. The van der Waals surface area contributed by atoms with Crippen molar-refractivity contribution in [3.63, 3.8) is 0 Å². The molecule has 0 aliphatic heterocycles. The molecule has 0 radical (unpaired) electrons. The van der Waals surface area contributed by atoms with Crippen molar-refractivity contribution in [3.8, 4) is 5.75 Å². The predicted molar refractivity (Wildman–Crippen MR) is 110 cm³/mol. The Hall–Kier alpha value is -2.38. The van der Waals surface area contributed by atoms with Crippen LogP contribution in [0.25, 0.3) is 0 Å². The van der Waals surface area contributed by atoms with Crippen LogP contribution in [0.3, 0.4) is 0 Å². The fourth-order valence-electron chi connectivity index (χ4n) is 2.52. The molecule has 6 nitrogen and oxygen atoms in total. The molecule has 0 bridgehead atoms. The van der Waals surface area contributed by atoms with Gasteiger partial charge in [0, 0.05) is 19.1 Å². The summed E-state index contributed by atoms with van der Waals surface area (Å²) in [5.41, 5.74) is 1.34. The molecular weight excluding hydrogens is 426 g/mol. The zero-order valence-corrected chi connectivity index (χ0v) is 17.5. The SMILES string of the molecule is CCOC(=O)C(Cc1ccccc1)NC(=O)c1ccc(OCCOC)c(Br)c1. The third kappa shape index (κ3) is 6.65. The molecule has 7 heteroatoms. The van der Waals surface area contributed by atoms with Gasteiger partial charge >= 0.3 is 5.97 Å². The van der Waals surface area contributed by atoms with Crippen molar-refractivity contribution < 1.29 is 23.8 Å². The maximum absolute atomic E-state index is 12.7. The minimum atomic E-state index is -0.772. The normalized spacial score (nSPS) is 11.5. The number of ether oxygens (including phenoxy) is 3. The lowest BCUT2D eigenvalue weighted by Gasteiger charge is -2.18. The largest absolute Gasteiger partial charge is 0.490 e. The van der Waals surface area contributed by atoms with E-state index in [0.717, 1.165) is 5.56 Å². The summed E-state index contributed by atoms with van der Waals surface area (Å²) in [6, 6.07) is 13.7. The van der Waals surface area contributed by atoms with E-state index in [4.69, 9.17) is 14.2 Å². The minimum Gasteiger partial charge on any atom is -0.490 e. The van der Waals surface area contributed by atoms with Gasteiger partial charge in [-0.3, -0.25) is 4.79 Å². The lowest BCUT2D eigenvalue weighted by atomic mass is 10.1. The van der Waals surface area contributed by atoms with Crippen LogP contribution < -0.4 is 10.1 Å². The molecule has 0 saturated carbocycles. The second-order valence-corrected chi connectivity index (χ2v) is 6.81. The van der Waals surface area contributed by atoms with Gasteiger partial charge in [-0.2, -0.15) is 0 Å². The Morgan fingerprint density at radius 1 is 1.11 bits per heavy atom. The lowest BCUT2D eigenvalue weighted by molar-refractivity contribution is -0.145. The molecule has 0 aliphatic rings. The molecule has 0 fully saturated rings. The van der Waals surface area contributed by atoms with E-state index in [-0.39, 0.29) is 12.5 Å². The van der Waals surface area contributed by atoms with Crippen molar-refractivity contribution in [1.29, 1.82) is 0 Å². The smallest absolute Gasteiger partial charge is 0.328 e. The predicted octanol–water partition coefficient (Wildman–Crippen LogP) is 3.38. The number of halogens is 1. The molecule has 150 valence electrons. The quantitative estimate of drug-likeness (QED) is 0.444. The summed E-state index contributed by atoms with van der Waals surface area (Å²) < 4.78 is 16.3. The van der Waals surface area contributed by atoms with Gasteiger partial charge in [0.2, 0.25) is 0 Å². The summed E-state index contributed by atoms with van der Waals surface area (Å²) in [6.07, 6.45) is 0.352. The Kier molecular flexibility index (Phi) is 8.97. The van der Waals surface area contributed by atoms with Crippen LogP contribution in [0.5, 0.6) is 5.75 Å². The first-order chi connectivity index (χ1) is 13.5. The van der Waals surface area contributed by atoms with Crippen LogP contribution >= 0.6 is 15.9 Å². The van der Waals surface area contributed by atoms with Crippen molar-refractivity contribution in [3.05, 3.63) is 64.1 Å². The minimum absolute atomic E-state index is 0.249. The topological polar surface area (TPSA) is 73.9 Å². The third-order valence-electron chi connectivity index (χ3n) is 3.90. The first-order valence-electron chi connectivity index (χ1n) is 8.97. The van der Waals surface area contributed by atoms with E-state index in [1.54, 1.807) is 32.2 Å². The monoisotopic (exact) mass is 449 g/mol. The van der Waals surface area contributed by atoms with Gasteiger partial charge in [0.25, 0.3) is 5.91 Å². The van der Waals surface area contributed by atoms with Gasteiger partial charge in [-0.15, -0.1) is 0 Å². The summed E-state index contributed by atoms with van der Waals surface area (Å²) in [7, 11) is 1.60. The molecule has 0 saturated heterocycles. The van der Waals surface area contributed by atoms with E-state index in [1.165, 1.54) is 0 Å². The van der Waals surface area contributed by atoms with Crippen LogP contribution in [0, 0.1) is 0 Å². The standard InChI is InChI=1S/C21H24BrNO5/c1-3-27-21(25)18(13-15-7-5-4-6-8-15)23-20(24)16-9-10-19(17(22)14-16)28-12-11-26-2/h4-10,14,18H,3,11-13H2,1-2H3,(H,23,24). The molecule has 2 aromatic carbocycles. The van der Waals surface area contributed by atoms with Crippen LogP contribution in [0.15, 0.2) is 53.0 Å². The first kappa shape index (κ1) is 21.9. The van der Waals surface area contributed by atoms with E-state index in [9.17, 15) is 9.59 Å². The Labute approximate surface area is 173 Å². The molecule has 28 heavy (non-hydrogen) atoms. The number of carbonyl (C=O) groups is 2. The Balaban J connectivity index is 2.09. The number of benzene rings is 2. The van der Waals surface area contributed by atoms with Crippen LogP contribution in [0.4, 0.5) is 0 Å². The highest BCUT2D eigenvalue weighted by Crippen LogP contribution is 2.26. The van der Waals surface area contributed by atoms with Crippen molar-refractivity contribution in [2.75, 3.05) is 26.9 Å². The fourth-order valence-corrected chi connectivity index (χ4v) is 3.01. The second-order valence-electron chi connectivity index (χ2n) is 5.95. The molecule has 0 spiro atoms. The molecule has 0 aliphatic carbocycles. The maximum atomic E-state index is 12.7. The number of amides is 1. The average Bonchev–Trinajstić information content (AvgIpc) is 2.69. The summed E-state index contributed by atoms with van der Waals surface area (Å²) >= 11 is 3.40. The zero-order chi connectivity index (χ0) is 20.4. The van der Waals surface area contributed by atoms with E-state index >= 15 is 0 Å². The molecule has 1 N–H and O–H groups in total. The molecular formula is C21H24BrNO5. The Morgan fingerprint density at radius 3 is 2.50 bits per heavy atom. The van der Waals surface area contributed by atoms with Crippen molar-refractivity contribution in [1.82, 2.24) is 5.32 Å². The number of nitrogens with one attached hydrogen (secondary N) is 1. The number of hydrogen-bond donors (Lipinski definition) is 1. The molecule has 0 aromatic heterocycles. The highest BCUT2D eigenvalue weighted by atomic mass is 79.9. The average molecular weight is 450 g/mol. The second kappa shape index (κ2) is 11.5. The molecule has 0 heterocycles. The van der Waals surface area contributed by atoms with E-state index in [2.05, 4.69) is 21.2 Å². The van der Waals surface area contributed by atoms with Gasteiger partial charge in [0.05, 0.1) is 17.7 Å². The van der Waals surface area contributed by atoms with Gasteiger partial charge in [0.15, 0.2) is 0 Å². The number of rotatable bonds is 10. The third-order valence-corrected chi connectivity index (χ3v) is 4.52. The summed E-state index contributed by atoms with van der Waals surface area (Å²) in [6.45, 7) is 2.86. The van der Waals surface area contributed by atoms with Gasteiger partial charge in [0.1, 0.15) is 18.4 Å². The molecule has 2 aromatic rings. The zero-order valence-electron chi connectivity index (χ0n) is 15.9. The summed E-state index contributed by atoms with van der Waals surface area (Å²) in [5.74, 6) is -0.212. The molecule has 1 amide bonds. The van der Waals surface area contributed by atoms with Crippen LogP contribution in [0.2, 0.25) is 0 Å². The number of hydrogen-bond acceptors (Lipinski definition) is 5. The van der Waals surface area contributed by atoms with Gasteiger partial charge in [-0.25, -0.2) is 4.79 Å². The van der Waals surface area contributed by atoms with Gasteiger partial charge in [-0.05, 0) is 46.6 Å². The lowest BCUT2D eigenvalue weighted by Crippen LogP contribution is -2.43. The van der Waals surface area contributed by atoms with E-state index < -0.39 is 12.0 Å². The van der Waals surface area contributed by atoms with Gasteiger partial charge < -0.3 is 19.5 Å². The first-order valence-corrected chi connectivity index (χ1v) is 9.77.